The van der Waals surface area contributed by atoms with Crippen LogP contribution in [0.2, 0.25) is 0 Å². The van der Waals surface area contributed by atoms with Gasteiger partial charge in [-0.3, -0.25) is 14.9 Å². The van der Waals surface area contributed by atoms with Crippen LogP contribution in [0.3, 0.4) is 0 Å². The topological polar surface area (TPSA) is 107 Å². The Kier molecular flexibility index (Phi) is 5.89. The van der Waals surface area contributed by atoms with E-state index in [9.17, 15) is 19.3 Å². The third kappa shape index (κ3) is 4.62. The maximum atomic E-state index is 13.8. The molecule has 1 aromatic heterocycles. The summed E-state index contributed by atoms with van der Waals surface area (Å²) in [5.74, 6) is -0.557. The maximum Gasteiger partial charge on any atom is 0.307 e. The van der Waals surface area contributed by atoms with Gasteiger partial charge in [-0.15, -0.1) is 0 Å². The fraction of sp³-hybridized carbons (Fsp3) is 0.0435. The van der Waals surface area contributed by atoms with Crippen LogP contribution in [-0.2, 0) is 6.61 Å². The number of carbonyl (C=O) groups excluding carboxylic acids is 1. The number of rotatable bonds is 7. The minimum Gasteiger partial charge on any atom is -0.488 e. The van der Waals surface area contributed by atoms with Gasteiger partial charge in [-0.05, 0) is 30.3 Å². The Balaban J connectivity index is 1.44. The van der Waals surface area contributed by atoms with Gasteiger partial charge in [-0.1, -0.05) is 30.3 Å². The van der Waals surface area contributed by atoms with Crippen LogP contribution in [0.5, 0.6) is 5.75 Å². The van der Waals surface area contributed by atoms with Crippen molar-refractivity contribution in [2.75, 3.05) is 0 Å². The summed E-state index contributed by atoms with van der Waals surface area (Å²) in [5.41, 5.74) is 3.57. The zero-order valence-electron chi connectivity index (χ0n) is 16.5. The zero-order valence-corrected chi connectivity index (χ0v) is 16.5. The highest BCUT2D eigenvalue weighted by Gasteiger charge is 2.14. The number of ether oxygens (including phenoxy) is 1. The molecule has 9 heteroatoms. The molecule has 0 aliphatic heterocycles. The van der Waals surface area contributed by atoms with E-state index in [2.05, 4.69) is 10.5 Å². The number of benzene rings is 3. The number of non-ortho nitro benzene ring substituents is 1. The molecule has 160 valence electrons. The average Bonchev–Trinajstić information content (AvgIpc) is 3.23. The maximum absolute atomic E-state index is 13.8. The van der Waals surface area contributed by atoms with E-state index in [1.165, 1.54) is 36.5 Å². The van der Waals surface area contributed by atoms with Crippen molar-refractivity contribution in [1.82, 2.24) is 5.43 Å². The molecule has 0 unspecified atom stereocenters. The molecule has 3 aromatic carbocycles. The van der Waals surface area contributed by atoms with E-state index >= 15 is 0 Å². The lowest BCUT2D eigenvalue weighted by atomic mass is 10.2. The molecular formula is C23H16FN3O5. The van der Waals surface area contributed by atoms with Gasteiger partial charge >= 0.3 is 5.91 Å². The summed E-state index contributed by atoms with van der Waals surface area (Å²) in [6.45, 7) is 0.0367. The lowest BCUT2D eigenvalue weighted by molar-refractivity contribution is -0.384. The lowest BCUT2D eigenvalue weighted by Crippen LogP contribution is -2.16. The highest BCUT2D eigenvalue weighted by Crippen LogP contribution is 2.24. The second-order valence-corrected chi connectivity index (χ2v) is 6.71. The first-order valence-corrected chi connectivity index (χ1v) is 9.48. The predicted molar refractivity (Wildman–Crippen MR) is 115 cm³/mol. The van der Waals surface area contributed by atoms with Gasteiger partial charge in [0.15, 0.2) is 5.76 Å². The largest absolute Gasteiger partial charge is 0.488 e. The first-order chi connectivity index (χ1) is 15.5. The van der Waals surface area contributed by atoms with Gasteiger partial charge in [0.25, 0.3) is 5.69 Å². The SMILES string of the molecule is O=C(N/N=C\c1ccccc1OCc1ccccc1F)c1cc2cc([N+](=O)[O-])ccc2o1. The first kappa shape index (κ1) is 20.7. The van der Waals surface area contributed by atoms with Crippen LogP contribution in [0.25, 0.3) is 11.0 Å². The monoisotopic (exact) mass is 433 g/mol. The van der Waals surface area contributed by atoms with Crippen molar-refractivity contribution in [3.8, 4) is 5.75 Å². The number of furan rings is 1. The molecule has 0 aliphatic carbocycles. The number of carbonyl (C=O) groups is 1. The van der Waals surface area contributed by atoms with Crippen LogP contribution < -0.4 is 10.2 Å². The number of halogens is 1. The number of fused-ring (bicyclic) bond motifs is 1. The van der Waals surface area contributed by atoms with E-state index < -0.39 is 10.8 Å². The number of hydrazone groups is 1. The number of para-hydroxylation sites is 1. The minimum atomic E-state index is -0.621. The van der Waals surface area contributed by atoms with Crippen LogP contribution in [-0.4, -0.2) is 17.0 Å². The number of nitrogens with one attached hydrogen (secondary N) is 1. The molecule has 32 heavy (non-hydrogen) atoms. The van der Waals surface area contributed by atoms with Crippen molar-refractivity contribution in [3.63, 3.8) is 0 Å². The summed E-state index contributed by atoms with van der Waals surface area (Å²) in [6.07, 6.45) is 1.39. The summed E-state index contributed by atoms with van der Waals surface area (Å²) in [5, 5.41) is 15.2. The van der Waals surface area contributed by atoms with E-state index in [0.29, 0.717) is 27.8 Å². The normalized spacial score (nSPS) is 11.0. The molecule has 0 aliphatic rings. The highest BCUT2D eigenvalue weighted by atomic mass is 19.1. The smallest absolute Gasteiger partial charge is 0.307 e. The summed E-state index contributed by atoms with van der Waals surface area (Å²) in [7, 11) is 0. The van der Waals surface area contributed by atoms with E-state index in [-0.39, 0.29) is 23.9 Å². The van der Waals surface area contributed by atoms with Crippen molar-refractivity contribution < 1.29 is 23.3 Å². The summed E-state index contributed by atoms with van der Waals surface area (Å²) >= 11 is 0. The quantitative estimate of drug-likeness (QED) is 0.255. The van der Waals surface area contributed by atoms with Crippen LogP contribution in [0.1, 0.15) is 21.7 Å². The van der Waals surface area contributed by atoms with Gasteiger partial charge in [0.05, 0.1) is 11.1 Å². The number of hydrogen-bond acceptors (Lipinski definition) is 6. The Morgan fingerprint density at radius 2 is 1.91 bits per heavy atom. The lowest BCUT2D eigenvalue weighted by Gasteiger charge is -2.09. The second kappa shape index (κ2) is 9.09. The Bertz CT molecular complexity index is 1330. The van der Waals surface area contributed by atoms with Gasteiger partial charge in [0, 0.05) is 28.6 Å². The van der Waals surface area contributed by atoms with Gasteiger partial charge in [-0.25, -0.2) is 9.82 Å². The van der Waals surface area contributed by atoms with Gasteiger partial charge < -0.3 is 9.15 Å². The first-order valence-electron chi connectivity index (χ1n) is 9.48. The van der Waals surface area contributed by atoms with E-state index in [1.807, 2.05) is 0 Å². The Morgan fingerprint density at radius 1 is 1.12 bits per heavy atom. The van der Waals surface area contributed by atoms with Crippen molar-refractivity contribution >= 4 is 28.8 Å². The van der Waals surface area contributed by atoms with Crippen molar-refractivity contribution in [3.05, 3.63) is 106 Å². The van der Waals surface area contributed by atoms with E-state index in [4.69, 9.17) is 9.15 Å². The molecule has 8 nitrogen and oxygen atoms in total. The molecule has 0 saturated heterocycles. The van der Waals surface area contributed by atoms with Crippen LogP contribution >= 0.6 is 0 Å². The fourth-order valence-corrected chi connectivity index (χ4v) is 2.96. The number of nitro benzene ring substituents is 1. The van der Waals surface area contributed by atoms with E-state index in [0.717, 1.165) is 0 Å². The number of nitro groups is 1. The van der Waals surface area contributed by atoms with Crippen molar-refractivity contribution in [2.24, 2.45) is 5.10 Å². The summed E-state index contributed by atoms with van der Waals surface area (Å²) < 4.78 is 24.9. The van der Waals surface area contributed by atoms with Gasteiger partial charge in [-0.2, -0.15) is 5.10 Å². The molecule has 1 N–H and O–H groups in total. The van der Waals surface area contributed by atoms with Crippen LogP contribution in [0.15, 0.2) is 82.3 Å². The number of hydrogen-bond donors (Lipinski definition) is 1. The predicted octanol–water partition coefficient (Wildman–Crippen LogP) is 4.82. The molecular weight excluding hydrogens is 417 g/mol. The zero-order chi connectivity index (χ0) is 22.5. The number of amides is 1. The van der Waals surface area contributed by atoms with Gasteiger partial charge in [0.1, 0.15) is 23.8 Å². The second-order valence-electron chi connectivity index (χ2n) is 6.71. The molecule has 0 spiro atoms. The van der Waals surface area contributed by atoms with E-state index in [1.54, 1.807) is 42.5 Å². The molecule has 4 aromatic rings. The molecule has 0 bridgehead atoms. The summed E-state index contributed by atoms with van der Waals surface area (Å²) in [4.78, 5) is 22.7. The molecule has 0 saturated carbocycles. The summed E-state index contributed by atoms with van der Waals surface area (Å²) in [6, 6.07) is 18.7. The van der Waals surface area contributed by atoms with Crippen molar-refractivity contribution in [2.45, 2.75) is 6.61 Å². The Hall–Kier alpha value is -4.53. The molecule has 0 atom stereocenters. The standard InChI is InChI=1S/C23H16FN3O5/c24-19-7-3-1-6-16(19)14-31-20-8-4-2-5-15(20)13-25-26-23(28)22-12-17-11-18(27(29)30)9-10-21(17)32-22/h1-13H,14H2,(H,26,28)/b25-13-. The van der Waals surface area contributed by atoms with Crippen molar-refractivity contribution in [1.29, 1.82) is 0 Å². The molecule has 4 rings (SSSR count). The highest BCUT2D eigenvalue weighted by molar-refractivity contribution is 5.97. The molecule has 0 fully saturated rings. The number of nitrogens with zero attached hydrogens (tertiary/aromatic N) is 2. The van der Waals surface area contributed by atoms with Gasteiger partial charge in [0.2, 0.25) is 0 Å². The fourth-order valence-electron chi connectivity index (χ4n) is 2.96. The Morgan fingerprint density at radius 3 is 2.72 bits per heavy atom. The van der Waals surface area contributed by atoms with Crippen LogP contribution in [0, 0.1) is 15.9 Å². The Labute approximate surface area is 181 Å². The molecule has 1 heterocycles. The molecule has 0 radical (unpaired) electrons. The van der Waals surface area contributed by atoms with Crippen LogP contribution in [0.4, 0.5) is 10.1 Å². The third-order valence-electron chi connectivity index (χ3n) is 4.56. The minimum absolute atomic E-state index is 0.0367. The molecule has 1 amide bonds. The average molecular weight is 433 g/mol. The third-order valence-corrected chi connectivity index (χ3v) is 4.56.